The van der Waals surface area contributed by atoms with E-state index in [9.17, 15) is 4.79 Å². The number of H-pyrrole nitrogens is 1. The zero-order valence-electron chi connectivity index (χ0n) is 26.2. The number of carbonyl (C=O) groups excluding carboxylic acids is 1. The minimum absolute atomic E-state index is 0.376. The molecule has 4 heterocycles. The van der Waals surface area contributed by atoms with Crippen molar-refractivity contribution in [2.24, 2.45) is 7.05 Å². The van der Waals surface area contributed by atoms with Crippen molar-refractivity contribution < 1.29 is 9.18 Å². The van der Waals surface area contributed by atoms with Crippen LogP contribution in [-0.2, 0) is 11.8 Å². The van der Waals surface area contributed by atoms with E-state index < -0.39 is 11.7 Å². The van der Waals surface area contributed by atoms with Gasteiger partial charge in [-0.1, -0.05) is 18.7 Å². The number of aromatic amines is 1. The topological polar surface area (TPSA) is 82.1 Å². The number of likely N-dealkylation sites (N-methyl/N-ethyl adjacent to an activating group) is 1. The van der Waals surface area contributed by atoms with Crippen LogP contribution in [0.25, 0.3) is 44.5 Å². The van der Waals surface area contributed by atoms with E-state index in [2.05, 4.69) is 70.0 Å². The van der Waals surface area contributed by atoms with Crippen LogP contribution in [0.4, 0.5) is 15.8 Å². The largest absolute Gasteiger partial charge is 0.369 e. The van der Waals surface area contributed by atoms with E-state index in [0.29, 0.717) is 22.5 Å². The van der Waals surface area contributed by atoms with Crippen LogP contribution in [0.15, 0.2) is 55.4 Å². The van der Waals surface area contributed by atoms with Crippen molar-refractivity contribution >= 4 is 28.3 Å². The average Bonchev–Trinajstić information content (AvgIpc) is 3.57. The Kier molecular flexibility index (Phi) is 7.59. The number of nitrogens with one attached hydrogen (secondary N) is 2. The van der Waals surface area contributed by atoms with Crippen molar-refractivity contribution in [2.75, 3.05) is 43.4 Å². The molecule has 3 aromatic heterocycles. The Hall–Kier alpha value is -4.76. The smallest absolute Gasteiger partial charge is 0.247 e. The van der Waals surface area contributed by atoms with Gasteiger partial charge in [0.15, 0.2) is 0 Å². The predicted molar refractivity (Wildman–Crippen MR) is 177 cm³/mol. The van der Waals surface area contributed by atoms with Crippen LogP contribution in [0.3, 0.4) is 0 Å². The maximum atomic E-state index is 15.7. The summed E-state index contributed by atoms with van der Waals surface area (Å²) in [5.41, 5.74) is 10.8. The molecule has 0 radical (unpaired) electrons. The Bertz CT molecular complexity index is 1910. The fraction of sp³-hybridized carbons (Fsp3) is 0.286. The summed E-state index contributed by atoms with van der Waals surface area (Å²) < 4.78 is 17.5. The molecule has 0 aliphatic carbocycles. The fourth-order valence-corrected chi connectivity index (χ4v) is 6.23. The highest BCUT2D eigenvalue weighted by Gasteiger charge is 2.25. The molecule has 8 nitrogen and oxygen atoms in total. The minimum Gasteiger partial charge on any atom is -0.369 e. The second-order valence-electron chi connectivity index (χ2n) is 11.7. The second-order valence-corrected chi connectivity index (χ2v) is 11.7. The number of halogens is 1. The van der Waals surface area contributed by atoms with E-state index in [0.717, 1.165) is 76.3 Å². The van der Waals surface area contributed by atoms with Gasteiger partial charge in [-0.15, -0.1) is 0 Å². The third kappa shape index (κ3) is 4.97. The number of aryl methyl sites for hydroxylation is 2. The van der Waals surface area contributed by atoms with Gasteiger partial charge in [0.2, 0.25) is 5.91 Å². The molecular formula is C35H38FN7O. The summed E-state index contributed by atoms with van der Waals surface area (Å²) in [5, 5.41) is 8.20. The molecule has 5 aromatic rings. The molecule has 1 aliphatic rings. The fourth-order valence-electron chi connectivity index (χ4n) is 6.23. The van der Waals surface area contributed by atoms with Crippen molar-refractivity contribution in [3.05, 3.63) is 83.6 Å². The van der Waals surface area contributed by atoms with Crippen LogP contribution >= 0.6 is 0 Å². The third-order valence-corrected chi connectivity index (χ3v) is 9.12. The van der Waals surface area contributed by atoms with E-state index in [-0.39, 0.29) is 0 Å². The normalized spacial score (nSPS) is 13.9. The summed E-state index contributed by atoms with van der Waals surface area (Å²) >= 11 is 0. The van der Waals surface area contributed by atoms with Crippen LogP contribution in [0.1, 0.15) is 22.4 Å². The van der Waals surface area contributed by atoms with Crippen LogP contribution in [-0.4, -0.2) is 63.8 Å². The van der Waals surface area contributed by atoms with Gasteiger partial charge in [-0.05, 0) is 81.3 Å². The molecular weight excluding hydrogens is 553 g/mol. The first-order valence-corrected chi connectivity index (χ1v) is 14.9. The standard InChI is InChI=1S/C35H38FN7O/c1-8-30(44)39-33-21(3)26(17-29(36)22(33)4)32-31-20(2)27(28-19-38-42(7)23(28)5)18-37-35(31)40-34(32)24-9-11-25(12-10-24)43-15-13-41(6)14-16-43/h8-12,17-19H,1,13-16H2,2-7H3,(H,37,40)(H,39,44). The van der Waals surface area contributed by atoms with E-state index in [1.807, 2.05) is 38.0 Å². The molecule has 2 N–H and O–H groups in total. The van der Waals surface area contributed by atoms with Gasteiger partial charge in [-0.25, -0.2) is 9.37 Å². The van der Waals surface area contributed by atoms with Crippen molar-refractivity contribution in [1.29, 1.82) is 0 Å². The lowest BCUT2D eigenvalue weighted by Gasteiger charge is -2.34. The zero-order chi connectivity index (χ0) is 31.3. The molecule has 0 unspecified atom stereocenters. The van der Waals surface area contributed by atoms with Gasteiger partial charge in [0.05, 0.1) is 17.6 Å². The van der Waals surface area contributed by atoms with Gasteiger partial charge in [0.25, 0.3) is 0 Å². The molecule has 1 fully saturated rings. The molecule has 0 saturated carbocycles. The summed E-state index contributed by atoms with van der Waals surface area (Å²) in [6.45, 7) is 15.3. The highest BCUT2D eigenvalue weighted by molar-refractivity contribution is 6.08. The van der Waals surface area contributed by atoms with Gasteiger partial charge in [-0.3, -0.25) is 9.48 Å². The van der Waals surface area contributed by atoms with Crippen LogP contribution in [0.5, 0.6) is 0 Å². The highest BCUT2D eigenvalue weighted by atomic mass is 19.1. The quantitative estimate of drug-likeness (QED) is 0.219. The minimum atomic E-state index is -0.402. The first-order chi connectivity index (χ1) is 21.1. The third-order valence-electron chi connectivity index (χ3n) is 9.12. The number of rotatable bonds is 6. The maximum absolute atomic E-state index is 15.7. The lowest BCUT2D eigenvalue weighted by molar-refractivity contribution is -0.111. The lowest BCUT2D eigenvalue weighted by Crippen LogP contribution is -2.44. The summed E-state index contributed by atoms with van der Waals surface area (Å²) in [6.07, 6.45) is 4.93. The number of hydrogen-bond acceptors (Lipinski definition) is 5. The molecule has 0 spiro atoms. The molecule has 1 aliphatic heterocycles. The summed E-state index contributed by atoms with van der Waals surface area (Å²) in [7, 11) is 4.07. The Labute approximate surface area is 257 Å². The van der Waals surface area contributed by atoms with Crippen LogP contribution in [0, 0.1) is 33.5 Å². The Morgan fingerprint density at radius 3 is 2.30 bits per heavy atom. The monoisotopic (exact) mass is 591 g/mol. The SMILES string of the molecule is C=CC(=O)Nc1c(C)c(F)cc(-c2c(-c3ccc(N4CCN(C)CC4)cc3)[nH]c3ncc(-c4cnn(C)c4C)c(C)c23)c1C. The van der Waals surface area contributed by atoms with Crippen LogP contribution in [0.2, 0.25) is 0 Å². The average molecular weight is 592 g/mol. The maximum Gasteiger partial charge on any atom is 0.247 e. The number of piperazine rings is 1. The summed E-state index contributed by atoms with van der Waals surface area (Å²) in [5.74, 6) is -0.792. The Morgan fingerprint density at radius 2 is 1.66 bits per heavy atom. The van der Waals surface area contributed by atoms with E-state index in [4.69, 9.17) is 4.98 Å². The number of pyridine rings is 1. The number of nitrogens with zero attached hydrogens (tertiary/aromatic N) is 5. The van der Waals surface area contributed by atoms with Gasteiger partial charge < -0.3 is 20.1 Å². The number of aromatic nitrogens is 4. The van der Waals surface area contributed by atoms with Gasteiger partial charge in [-0.2, -0.15) is 5.10 Å². The molecule has 44 heavy (non-hydrogen) atoms. The van der Waals surface area contributed by atoms with Crippen LogP contribution < -0.4 is 10.2 Å². The molecule has 9 heteroatoms. The molecule has 0 atom stereocenters. The first kappa shape index (κ1) is 29.3. The van der Waals surface area contributed by atoms with Crippen molar-refractivity contribution in [3.8, 4) is 33.5 Å². The molecule has 226 valence electrons. The number of benzene rings is 2. The number of carbonyl (C=O) groups is 1. The van der Waals surface area contributed by atoms with Crippen molar-refractivity contribution in [3.63, 3.8) is 0 Å². The Morgan fingerprint density at radius 1 is 0.955 bits per heavy atom. The first-order valence-electron chi connectivity index (χ1n) is 14.9. The number of fused-ring (bicyclic) bond motifs is 1. The van der Waals surface area contributed by atoms with E-state index in [1.165, 1.54) is 11.8 Å². The van der Waals surface area contributed by atoms with Gasteiger partial charge in [0.1, 0.15) is 11.5 Å². The number of hydrogen-bond donors (Lipinski definition) is 2. The van der Waals surface area contributed by atoms with Gasteiger partial charge in [0, 0.05) is 78.4 Å². The molecule has 2 aromatic carbocycles. The number of anilines is 2. The van der Waals surface area contributed by atoms with Crippen molar-refractivity contribution in [1.82, 2.24) is 24.6 Å². The zero-order valence-corrected chi connectivity index (χ0v) is 26.2. The molecule has 0 bridgehead atoms. The van der Waals surface area contributed by atoms with Gasteiger partial charge >= 0.3 is 0 Å². The number of amides is 1. The summed E-state index contributed by atoms with van der Waals surface area (Å²) in [6, 6.07) is 10.1. The molecule has 1 amide bonds. The van der Waals surface area contributed by atoms with E-state index >= 15 is 4.39 Å². The second kappa shape index (κ2) is 11.4. The van der Waals surface area contributed by atoms with E-state index in [1.54, 1.807) is 13.0 Å². The Balaban J connectivity index is 1.59. The predicted octanol–water partition coefficient (Wildman–Crippen LogP) is 6.55. The molecule has 1 saturated heterocycles. The lowest BCUT2D eigenvalue weighted by atomic mass is 9.90. The van der Waals surface area contributed by atoms with Crippen molar-refractivity contribution in [2.45, 2.75) is 27.7 Å². The summed E-state index contributed by atoms with van der Waals surface area (Å²) in [4.78, 5) is 25.6. The molecule has 6 rings (SSSR count). The highest BCUT2D eigenvalue weighted by Crippen LogP contribution is 2.45.